The number of aryl methyl sites for hydroxylation is 2. The molecule has 0 aliphatic carbocycles. The van der Waals surface area contributed by atoms with Gasteiger partial charge >= 0.3 is 0 Å². The number of halogens is 1. The predicted octanol–water partition coefficient (Wildman–Crippen LogP) is 4.47. The largest absolute Gasteiger partial charge is 0.356 e. The van der Waals surface area contributed by atoms with Gasteiger partial charge in [-0.15, -0.1) is 35.3 Å². The number of aliphatic imine (C=N–C) groups is 1. The van der Waals surface area contributed by atoms with E-state index in [2.05, 4.69) is 75.1 Å². The average Bonchev–Trinajstić information content (AvgIpc) is 3.16. The summed E-state index contributed by atoms with van der Waals surface area (Å²) in [6.45, 7) is 8.61. The van der Waals surface area contributed by atoms with Crippen molar-refractivity contribution >= 4 is 41.3 Å². The van der Waals surface area contributed by atoms with Gasteiger partial charge in [-0.05, 0) is 64.1 Å². The summed E-state index contributed by atoms with van der Waals surface area (Å²) in [6.07, 6.45) is 4.65. The minimum absolute atomic E-state index is 0. The number of likely N-dealkylation sites (tertiary alicyclic amines) is 1. The molecule has 5 nitrogen and oxygen atoms in total. The lowest BCUT2D eigenvalue weighted by molar-refractivity contribution is 0.176. The lowest BCUT2D eigenvalue weighted by Crippen LogP contribution is -2.45. The van der Waals surface area contributed by atoms with Gasteiger partial charge in [-0.25, -0.2) is 4.98 Å². The Kier molecular flexibility index (Phi) is 11.1. The first-order valence-electron chi connectivity index (χ1n) is 10.8. The van der Waals surface area contributed by atoms with E-state index in [-0.39, 0.29) is 24.0 Å². The number of hydrogen-bond acceptors (Lipinski definition) is 4. The number of thiazole rings is 1. The van der Waals surface area contributed by atoms with Crippen LogP contribution in [0.25, 0.3) is 0 Å². The Bertz CT molecular complexity index is 756. The molecule has 1 fully saturated rings. The van der Waals surface area contributed by atoms with Crippen LogP contribution in [0.2, 0.25) is 0 Å². The first-order chi connectivity index (χ1) is 14.1. The number of rotatable bonds is 8. The SMILES string of the molecule is CN=C(NCC1CCN(Cc2csc(C)n2)CC1)NC(C)CCc1ccccc1.I. The third-order valence-electron chi connectivity index (χ3n) is 5.63. The van der Waals surface area contributed by atoms with Gasteiger partial charge in [0.15, 0.2) is 5.96 Å². The molecule has 0 spiro atoms. The molecule has 1 atom stereocenters. The van der Waals surface area contributed by atoms with Gasteiger partial charge < -0.3 is 10.6 Å². The number of nitrogens with one attached hydrogen (secondary N) is 2. The van der Waals surface area contributed by atoms with E-state index in [9.17, 15) is 0 Å². The monoisotopic (exact) mass is 541 g/mol. The van der Waals surface area contributed by atoms with E-state index in [1.807, 2.05) is 7.05 Å². The van der Waals surface area contributed by atoms with E-state index in [1.165, 1.54) is 24.1 Å². The second-order valence-corrected chi connectivity index (χ2v) is 9.16. The van der Waals surface area contributed by atoms with E-state index in [1.54, 1.807) is 11.3 Å². The number of nitrogens with zero attached hydrogens (tertiary/aromatic N) is 3. The standard InChI is InChI=1S/C23H35N5S.HI/c1-18(9-10-20-7-5-4-6-8-20)26-23(24-3)25-15-21-11-13-28(14-12-21)16-22-17-29-19(2)27-22;/h4-8,17-18,21H,9-16H2,1-3H3,(H2,24,25,26);1H. The second kappa shape index (κ2) is 13.3. The molecule has 0 saturated carbocycles. The van der Waals surface area contributed by atoms with Crippen LogP contribution in [0.15, 0.2) is 40.7 Å². The first kappa shape index (κ1) is 25.1. The van der Waals surface area contributed by atoms with E-state index in [0.717, 1.165) is 50.0 Å². The molecule has 1 saturated heterocycles. The van der Waals surface area contributed by atoms with Crippen molar-refractivity contribution in [2.75, 3.05) is 26.7 Å². The Hall–Kier alpha value is -1.19. The van der Waals surface area contributed by atoms with E-state index >= 15 is 0 Å². The van der Waals surface area contributed by atoms with Crippen molar-refractivity contribution in [1.82, 2.24) is 20.5 Å². The average molecular weight is 542 g/mol. The highest BCUT2D eigenvalue weighted by Gasteiger charge is 2.20. The summed E-state index contributed by atoms with van der Waals surface area (Å²) in [5, 5.41) is 10.4. The zero-order valence-electron chi connectivity index (χ0n) is 18.4. The van der Waals surface area contributed by atoms with Crippen LogP contribution in [-0.4, -0.2) is 48.6 Å². The van der Waals surface area contributed by atoms with Crippen molar-refractivity contribution < 1.29 is 0 Å². The molecule has 0 amide bonds. The summed E-state index contributed by atoms with van der Waals surface area (Å²) in [4.78, 5) is 11.5. The van der Waals surface area contributed by atoms with Crippen molar-refractivity contribution in [2.45, 2.75) is 52.1 Å². The second-order valence-electron chi connectivity index (χ2n) is 8.10. The van der Waals surface area contributed by atoms with Gasteiger partial charge in [0.2, 0.25) is 0 Å². The Morgan fingerprint density at radius 3 is 2.63 bits per heavy atom. The fraction of sp³-hybridized carbons (Fsp3) is 0.565. The molecule has 3 rings (SSSR count). The van der Waals surface area contributed by atoms with Gasteiger partial charge in [0, 0.05) is 31.6 Å². The summed E-state index contributed by atoms with van der Waals surface area (Å²) < 4.78 is 0. The molecule has 2 N–H and O–H groups in total. The fourth-order valence-corrected chi connectivity index (χ4v) is 4.43. The number of aromatic nitrogens is 1. The summed E-state index contributed by atoms with van der Waals surface area (Å²) in [5.74, 6) is 1.63. The van der Waals surface area contributed by atoms with Gasteiger partial charge in [-0.2, -0.15) is 0 Å². The number of piperidine rings is 1. The summed E-state index contributed by atoms with van der Waals surface area (Å²) in [6, 6.07) is 11.1. The van der Waals surface area contributed by atoms with Crippen LogP contribution >= 0.6 is 35.3 Å². The molecule has 0 bridgehead atoms. The fourth-order valence-electron chi connectivity index (χ4n) is 3.83. The van der Waals surface area contributed by atoms with Crippen molar-refractivity contribution in [3.63, 3.8) is 0 Å². The van der Waals surface area contributed by atoms with Crippen molar-refractivity contribution in [3.8, 4) is 0 Å². The molecular formula is C23H36IN5S. The Morgan fingerprint density at radius 1 is 1.27 bits per heavy atom. The minimum atomic E-state index is 0. The minimum Gasteiger partial charge on any atom is -0.356 e. The van der Waals surface area contributed by atoms with Gasteiger partial charge in [-0.1, -0.05) is 30.3 Å². The third kappa shape index (κ3) is 8.51. The lowest BCUT2D eigenvalue weighted by atomic mass is 9.97. The topological polar surface area (TPSA) is 52.6 Å². The maximum Gasteiger partial charge on any atom is 0.191 e. The highest BCUT2D eigenvalue weighted by molar-refractivity contribution is 14.0. The lowest BCUT2D eigenvalue weighted by Gasteiger charge is -2.32. The molecule has 1 unspecified atom stereocenters. The zero-order valence-corrected chi connectivity index (χ0v) is 21.6. The van der Waals surface area contributed by atoms with Gasteiger partial charge in [0.1, 0.15) is 0 Å². The van der Waals surface area contributed by atoms with Gasteiger partial charge in [0.05, 0.1) is 10.7 Å². The molecule has 30 heavy (non-hydrogen) atoms. The molecule has 1 aromatic heterocycles. The molecular weight excluding hydrogens is 505 g/mol. The van der Waals surface area contributed by atoms with Gasteiger partial charge in [-0.3, -0.25) is 9.89 Å². The first-order valence-corrected chi connectivity index (χ1v) is 11.6. The van der Waals surface area contributed by atoms with Crippen LogP contribution < -0.4 is 10.6 Å². The normalized spacial score (nSPS) is 16.7. The van der Waals surface area contributed by atoms with Crippen LogP contribution in [0.4, 0.5) is 0 Å². The number of benzene rings is 1. The van der Waals surface area contributed by atoms with Crippen LogP contribution in [-0.2, 0) is 13.0 Å². The van der Waals surface area contributed by atoms with E-state index in [4.69, 9.17) is 0 Å². The van der Waals surface area contributed by atoms with Crippen LogP contribution in [0.5, 0.6) is 0 Å². The third-order valence-corrected chi connectivity index (χ3v) is 6.46. The molecule has 2 heterocycles. The molecule has 1 aliphatic heterocycles. The Labute approximate surface area is 202 Å². The molecule has 7 heteroatoms. The van der Waals surface area contributed by atoms with Crippen LogP contribution in [0, 0.1) is 12.8 Å². The van der Waals surface area contributed by atoms with Gasteiger partial charge in [0.25, 0.3) is 0 Å². The quantitative estimate of drug-likeness (QED) is 0.294. The maximum atomic E-state index is 4.60. The predicted molar refractivity (Wildman–Crippen MR) is 139 cm³/mol. The molecule has 1 aromatic carbocycles. The number of hydrogen-bond donors (Lipinski definition) is 2. The maximum absolute atomic E-state index is 4.60. The van der Waals surface area contributed by atoms with Crippen molar-refractivity contribution in [2.24, 2.45) is 10.9 Å². The van der Waals surface area contributed by atoms with E-state index in [0.29, 0.717) is 12.0 Å². The Morgan fingerprint density at radius 2 is 2.00 bits per heavy atom. The van der Waals surface area contributed by atoms with Crippen molar-refractivity contribution in [1.29, 1.82) is 0 Å². The highest BCUT2D eigenvalue weighted by atomic mass is 127. The summed E-state index contributed by atoms with van der Waals surface area (Å²) in [5.41, 5.74) is 2.61. The van der Waals surface area contributed by atoms with Crippen LogP contribution in [0.3, 0.4) is 0 Å². The molecule has 0 radical (unpaired) electrons. The molecule has 1 aliphatic rings. The number of guanidine groups is 1. The highest BCUT2D eigenvalue weighted by Crippen LogP contribution is 2.19. The zero-order chi connectivity index (χ0) is 20.5. The van der Waals surface area contributed by atoms with Crippen LogP contribution in [0.1, 0.15) is 42.5 Å². The van der Waals surface area contributed by atoms with E-state index < -0.39 is 0 Å². The molecule has 2 aromatic rings. The summed E-state index contributed by atoms with van der Waals surface area (Å²) >= 11 is 1.75. The van der Waals surface area contributed by atoms with Crippen molar-refractivity contribution in [3.05, 3.63) is 52.0 Å². The smallest absolute Gasteiger partial charge is 0.191 e. The summed E-state index contributed by atoms with van der Waals surface area (Å²) in [7, 11) is 1.86. The molecule has 166 valence electrons. The Balaban J connectivity index is 0.00000320.